The van der Waals surface area contributed by atoms with Gasteiger partial charge in [0.15, 0.2) is 9.84 Å². The van der Waals surface area contributed by atoms with Gasteiger partial charge in [-0.3, -0.25) is 0 Å². The van der Waals surface area contributed by atoms with Gasteiger partial charge in [-0.05, 0) is 32.0 Å². The van der Waals surface area contributed by atoms with Crippen LogP contribution in [0.15, 0.2) is 0 Å². The second-order valence-electron chi connectivity index (χ2n) is 9.47. The highest BCUT2D eigenvalue weighted by Crippen LogP contribution is 2.23. The fourth-order valence-electron chi connectivity index (χ4n) is 4.21. The molecule has 1 aliphatic heterocycles. The molecule has 4 nitrogen and oxygen atoms in total. The van der Waals surface area contributed by atoms with Crippen molar-refractivity contribution in [2.24, 2.45) is 0 Å². The molecule has 1 aliphatic rings. The van der Waals surface area contributed by atoms with Crippen molar-refractivity contribution >= 4 is 27.2 Å². The Morgan fingerprint density at radius 1 is 0.833 bits per heavy atom. The summed E-state index contributed by atoms with van der Waals surface area (Å²) < 4.78 is 28.8. The Kier molecular flexibility index (Phi) is 15.0. The number of sulfone groups is 1. The summed E-state index contributed by atoms with van der Waals surface area (Å²) in [5.74, 6) is 0.376. The number of nitrogens with one attached hydrogen (secondary N) is 1. The monoisotopic (exact) mass is 461 g/mol. The van der Waals surface area contributed by atoms with Gasteiger partial charge in [0.05, 0.1) is 23.7 Å². The van der Waals surface area contributed by atoms with Gasteiger partial charge in [-0.25, -0.2) is 8.42 Å². The van der Waals surface area contributed by atoms with Crippen LogP contribution in [0.2, 0.25) is 0 Å². The zero-order valence-electron chi connectivity index (χ0n) is 19.7. The molecule has 1 fully saturated rings. The van der Waals surface area contributed by atoms with E-state index >= 15 is 0 Å². The molecule has 1 atom stereocenters. The summed E-state index contributed by atoms with van der Waals surface area (Å²) in [7, 11) is -2.93. The largest absolute Gasteiger partial charge is 0.471 e. The summed E-state index contributed by atoms with van der Waals surface area (Å²) >= 11 is 5.22. The van der Waals surface area contributed by atoms with Crippen LogP contribution in [0.1, 0.15) is 123 Å². The van der Waals surface area contributed by atoms with Crippen LogP contribution < -0.4 is 5.32 Å². The average molecular weight is 462 g/mol. The Hall–Kier alpha value is -0.360. The van der Waals surface area contributed by atoms with Crippen molar-refractivity contribution in [1.29, 1.82) is 0 Å². The summed E-state index contributed by atoms with van der Waals surface area (Å²) in [5, 5.41) is 3.44. The van der Waals surface area contributed by atoms with Crippen LogP contribution in [-0.4, -0.2) is 37.2 Å². The first-order chi connectivity index (χ1) is 14.4. The molecule has 6 heteroatoms. The molecule has 0 aromatic heterocycles. The lowest BCUT2D eigenvalue weighted by atomic mass is 10.0. The van der Waals surface area contributed by atoms with Crippen LogP contribution in [-0.2, 0) is 14.6 Å². The van der Waals surface area contributed by atoms with Crippen LogP contribution >= 0.6 is 12.2 Å². The zero-order valence-corrected chi connectivity index (χ0v) is 21.3. The van der Waals surface area contributed by atoms with E-state index in [0.717, 1.165) is 6.42 Å². The third kappa shape index (κ3) is 14.6. The van der Waals surface area contributed by atoms with Crippen LogP contribution in [0, 0.1) is 0 Å². The predicted molar refractivity (Wildman–Crippen MR) is 133 cm³/mol. The molecular formula is C24H47NO3S2. The molecule has 0 bridgehead atoms. The third-order valence-electron chi connectivity index (χ3n) is 6.14. The predicted octanol–water partition coefficient (Wildman–Crippen LogP) is 6.72. The molecule has 0 spiro atoms. The van der Waals surface area contributed by atoms with Crippen LogP contribution in [0.25, 0.3) is 0 Å². The lowest BCUT2D eigenvalue weighted by Gasteiger charge is -2.25. The Bertz CT molecular complexity index is 551. The molecule has 0 aromatic carbocycles. The van der Waals surface area contributed by atoms with Gasteiger partial charge in [-0.2, -0.15) is 0 Å². The van der Waals surface area contributed by atoms with Crippen LogP contribution in [0.4, 0.5) is 0 Å². The van der Waals surface area contributed by atoms with Gasteiger partial charge in [0, 0.05) is 0 Å². The fourth-order valence-corrected chi connectivity index (χ4v) is 6.63. The number of unbranched alkanes of at least 4 members (excludes halogenated alkanes) is 15. The maximum atomic E-state index is 11.6. The van der Waals surface area contributed by atoms with E-state index in [1.807, 2.05) is 6.92 Å². The first-order valence-electron chi connectivity index (χ1n) is 12.5. The molecule has 1 saturated heterocycles. The fraction of sp³-hybridized carbons (Fsp3) is 0.958. The van der Waals surface area contributed by atoms with Crippen molar-refractivity contribution in [3.05, 3.63) is 0 Å². The SMILES string of the molecule is CCCCCCCCCCCCCCCCCCOC(=S)NC1(C)CCS(=O)(=O)C1. The maximum absolute atomic E-state index is 11.6. The quantitative estimate of drug-likeness (QED) is 0.181. The molecule has 0 amide bonds. The van der Waals surface area contributed by atoms with Gasteiger partial charge < -0.3 is 10.1 Å². The summed E-state index contributed by atoms with van der Waals surface area (Å²) in [6, 6.07) is 0. The van der Waals surface area contributed by atoms with Crippen molar-refractivity contribution in [2.75, 3.05) is 18.1 Å². The van der Waals surface area contributed by atoms with E-state index < -0.39 is 15.4 Å². The Balaban J connectivity index is 1.81. The lowest BCUT2D eigenvalue weighted by molar-refractivity contribution is 0.272. The second-order valence-corrected chi connectivity index (χ2v) is 12.0. The van der Waals surface area contributed by atoms with Crippen molar-refractivity contribution in [3.8, 4) is 0 Å². The molecule has 1 heterocycles. The highest BCUT2D eigenvalue weighted by Gasteiger charge is 2.39. The second kappa shape index (κ2) is 16.3. The van der Waals surface area contributed by atoms with Gasteiger partial charge in [0.1, 0.15) is 0 Å². The number of hydrogen-bond donors (Lipinski definition) is 1. The summed E-state index contributed by atoms with van der Waals surface area (Å²) in [6.45, 7) is 4.80. The minimum absolute atomic E-state index is 0.141. The van der Waals surface area contributed by atoms with Gasteiger partial charge in [0.2, 0.25) is 0 Å². The van der Waals surface area contributed by atoms with Gasteiger partial charge in [0.25, 0.3) is 5.17 Å². The number of thiocarbonyl (C=S) groups is 1. The molecule has 1 rings (SSSR count). The number of ether oxygens (including phenoxy) is 1. The van der Waals surface area contributed by atoms with Gasteiger partial charge in [-0.1, -0.05) is 103 Å². The smallest absolute Gasteiger partial charge is 0.257 e. The van der Waals surface area contributed by atoms with E-state index in [9.17, 15) is 8.42 Å². The van der Waals surface area contributed by atoms with E-state index in [-0.39, 0.29) is 11.5 Å². The molecule has 1 unspecified atom stereocenters. The molecule has 1 N–H and O–H groups in total. The van der Waals surface area contributed by atoms with E-state index in [2.05, 4.69) is 12.2 Å². The van der Waals surface area contributed by atoms with E-state index in [0.29, 0.717) is 18.2 Å². The molecule has 30 heavy (non-hydrogen) atoms. The first-order valence-corrected chi connectivity index (χ1v) is 14.8. The minimum atomic E-state index is -2.93. The Morgan fingerprint density at radius 3 is 1.67 bits per heavy atom. The number of rotatable bonds is 18. The standard InChI is InChI=1S/C24H47NO3S2/c1-3-4-5-6-7-8-9-10-11-12-13-14-15-16-17-18-20-28-23(29)25-24(2)19-21-30(26,27)22-24/h3-22H2,1-2H3,(H,25,29). The summed E-state index contributed by atoms with van der Waals surface area (Å²) in [5.41, 5.74) is -0.468. The van der Waals surface area contributed by atoms with Gasteiger partial charge >= 0.3 is 0 Å². The zero-order chi connectivity index (χ0) is 22.1. The van der Waals surface area contributed by atoms with E-state index in [4.69, 9.17) is 17.0 Å². The molecule has 0 saturated carbocycles. The van der Waals surface area contributed by atoms with Crippen molar-refractivity contribution in [2.45, 2.75) is 129 Å². The first kappa shape index (κ1) is 27.7. The minimum Gasteiger partial charge on any atom is -0.471 e. The molecule has 178 valence electrons. The Labute approximate surface area is 192 Å². The highest BCUT2D eigenvalue weighted by molar-refractivity contribution is 7.91. The van der Waals surface area contributed by atoms with E-state index in [1.165, 1.54) is 96.3 Å². The third-order valence-corrected chi connectivity index (χ3v) is 8.26. The molecule has 0 aliphatic carbocycles. The van der Waals surface area contributed by atoms with Gasteiger partial charge in [-0.15, -0.1) is 0 Å². The van der Waals surface area contributed by atoms with E-state index in [1.54, 1.807) is 0 Å². The normalized spacial score (nSPS) is 20.3. The lowest BCUT2D eigenvalue weighted by Crippen LogP contribution is -2.47. The number of hydrogen-bond acceptors (Lipinski definition) is 4. The van der Waals surface area contributed by atoms with Crippen molar-refractivity contribution in [3.63, 3.8) is 0 Å². The molecular weight excluding hydrogens is 414 g/mol. The van der Waals surface area contributed by atoms with Crippen molar-refractivity contribution < 1.29 is 13.2 Å². The average Bonchev–Trinajstić information content (AvgIpc) is 2.96. The summed E-state index contributed by atoms with van der Waals surface area (Å²) in [6.07, 6.45) is 22.2. The highest BCUT2D eigenvalue weighted by atomic mass is 32.2. The van der Waals surface area contributed by atoms with Crippen LogP contribution in [0.3, 0.4) is 0 Å². The molecule has 0 radical (unpaired) electrons. The van der Waals surface area contributed by atoms with Crippen LogP contribution in [0.5, 0.6) is 0 Å². The van der Waals surface area contributed by atoms with Crippen molar-refractivity contribution in [1.82, 2.24) is 5.32 Å². The summed E-state index contributed by atoms with van der Waals surface area (Å²) in [4.78, 5) is 0. The Morgan fingerprint density at radius 2 is 1.27 bits per heavy atom. The topological polar surface area (TPSA) is 55.4 Å². The maximum Gasteiger partial charge on any atom is 0.257 e. The molecule has 0 aromatic rings.